The van der Waals surface area contributed by atoms with Crippen molar-refractivity contribution in [1.82, 2.24) is 15.0 Å². The third-order valence-corrected chi connectivity index (χ3v) is 3.86. The highest BCUT2D eigenvalue weighted by Gasteiger charge is 2.21. The molecule has 0 saturated carbocycles. The summed E-state index contributed by atoms with van der Waals surface area (Å²) >= 11 is 0. The maximum absolute atomic E-state index is 9.05. The van der Waals surface area contributed by atoms with E-state index in [2.05, 4.69) is 43.4 Å². The second-order valence-electron chi connectivity index (χ2n) is 5.46. The number of aryl methyl sites for hydroxylation is 1. The maximum Gasteiger partial charge on any atom is 0.182 e. The summed E-state index contributed by atoms with van der Waals surface area (Å²) in [6.07, 6.45) is 7.01. The molecule has 0 amide bonds. The summed E-state index contributed by atoms with van der Waals surface area (Å²) in [7, 11) is 0. The van der Waals surface area contributed by atoms with Gasteiger partial charge in [0.05, 0.1) is 0 Å². The fourth-order valence-corrected chi connectivity index (χ4v) is 2.62. The van der Waals surface area contributed by atoms with Gasteiger partial charge in [-0.2, -0.15) is 5.26 Å². The number of pyridine rings is 1. The number of nitriles is 1. The van der Waals surface area contributed by atoms with Crippen molar-refractivity contribution in [1.29, 1.82) is 5.26 Å². The SMILES string of the molecule is Cc1ccc(N2CCC(Nc3nccnc3C#N)CC2)nc1. The number of hydrogen-bond acceptors (Lipinski definition) is 6. The van der Waals surface area contributed by atoms with Gasteiger partial charge in [0.2, 0.25) is 0 Å². The zero-order chi connectivity index (χ0) is 15.4. The second-order valence-corrected chi connectivity index (χ2v) is 5.46. The molecule has 3 heterocycles. The first-order chi connectivity index (χ1) is 10.8. The van der Waals surface area contributed by atoms with Gasteiger partial charge >= 0.3 is 0 Å². The van der Waals surface area contributed by atoms with Crippen LogP contribution in [0.5, 0.6) is 0 Å². The molecule has 2 aromatic rings. The van der Waals surface area contributed by atoms with Crippen LogP contribution in [0.4, 0.5) is 11.6 Å². The van der Waals surface area contributed by atoms with Crippen molar-refractivity contribution in [3.05, 3.63) is 42.0 Å². The summed E-state index contributed by atoms with van der Waals surface area (Å²) in [5.74, 6) is 1.61. The number of anilines is 2. The van der Waals surface area contributed by atoms with Crippen molar-refractivity contribution < 1.29 is 0 Å². The summed E-state index contributed by atoms with van der Waals surface area (Å²) in [5.41, 5.74) is 1.53. The van der Waals surface area contributed by atoms with Crippen LogP contribution in [0.3, 0.4) is 0 Å². The van der Waals surface area contributed by atoms with Crippen LogP contribution in [0, 0.1) is 18.3 Å². The standard InChI is InChI=1S/C16H18N6/c1-12-2-3-15(20-11-12)22-8-4-13(5-9-22)21-16-14(10-17)18-6-7-19-16/h2-3,6-7,11,13H,4-5,8-9H2,1H3,(H,19,21). The van der Waals surface area contributed by atoms with Crippen molar-refractivity contribution in [2.24, 2.45) is 0 Å². The molecule has 1 fully saturated rings. The van der Waals surface area contributed by atoms with Crippen LogP contribution in [0.2, 0.25) is 0 Å². The third-order valence-electron chi connectivity index (χ3n) is 3.86. The summed E-state index contributed by atoms with van der Waals surface area (Å²) in [6.45, 7) is 3.92. The quantitative estimate of drug-likeness (QED) is 0.934. The van der Waals surface area contributed by atoms with Gasteiger partial charge in [0.15, 0.2) is 11.5 Å². The van der Waals surface area contributed by atoms with Crippen molar-refractivity contribution in [2.45, 2.75) is 25.8 Å². The molecule has 6 nitrogen and oxygen atoms in total. The Morgan fingerprint density at radius 2 is 1.95 bits per heavy atom. The minimum atomic E-state index is 0.311. The van der Waals surface area contributed by atoms with E-state index in [0.717, 1.165) is 31.7 Å². The summed E-state index contributed by atoms with van der Waals surface area (Å²) in [5, 5.41) is 12.4. The second kappa shape index (κ2) is 6.39. The molecule has 6 heteroatoms. The Labute approximate surface area is 129 Å². The summed E-state index contributed by atoms with van der Waals surface area (Å²) < 4.78 is 0. The topological polar surface area (TPSA) is 77.7 Å². The molecule has 0 radical (unpaired) electrons. The summed E-state index contributed by atoms with van der Waals surface area (Å²) in [4.78, 5) is 15.0. The predicted molar refractivity (Wildman–Crippen MR) is 84.6 cm³/mol. The first-order valence-electron chi connectivity index (χ1n) is 7.41. The van der Waals surface area contributed by atoms with Crippen LogP contribution in [-0.2, 0) is 0 Å². The van der Waals surface area contributed by atoms with Crippen molar-refractivity contribution in [3.8, 4) is 6.07 Å². The van der Waals surface area contributed by atoms with E-state index in [1.54, 1.807) is 6.20 Å². The van der Waals surface area contributed by atoms with Gasteiger partial charge < -0.3 is 10.2 Å². The Kier molecular flexibility index (Phi) is 4.15. The molecule has 0 spiro atoms. The average Bonchev–Trinajstić information content (AvgIpc) is 2.57. The molecule has 1 aliphatic rings. The van der Waals surface area contributed by atoms with Crippen LogP contribution in [0.25, 0.3) is 0 Å². The lowest BCUT2D eigenvalue weighted by Crippen LogP contribution is -2.39. The Morgan fingerprint density at radius 3 is 2.64 bits per heavy atom. The van der Waals surface area contributed by atoms with E-state index in [1.165, 1.54) is 11.8 Å². The number of nitrogens with one attached hydrogen (secondary N) is 1. The fourth-order valence-electron chi connectivity index (χ4n) is 2.62. The Bertz CT molecular complexity index is 668. The molecule has 1 N–H and O–H groups in total. The molecule has 0 unspecified atom stereocenters. The number of aromatic nitrogens is 3. The monoisotopic (exact) mass is 294 g/mol. The van der Waals surface area contributed by atoms with E-state index in [4.69, 9.17) is 5.26 Å². The average molecular weight is 294 g/mol. The lowest BCUT2D eigenvalue weighted by atomic mass is 10.0. The maximum atomic E-state index is 9.05. The molecule has 0 aromatic carbocycles. The van der Waals surface area contributed by atoms with Gasteiger partial charge in [0.1, 0.15) is 11.9 Å². The summed E-state index contributed by atoms with van der Waals surface area (Å²) in [6, 6.07) is 6.54. The van der Waals surface area contributed by atoms with E-state index in [9.17, 15) is 0 Å². The molecule has 3 rings (SSSR count). The smallest absolute Gasteiger partial charge is 0.182 e. The molecule has 1 aliphatic heterocycles. The van der Waals surface area contributed by atoms with Gasteiger partial charge in [0.25, 0.3) is 0 Å². The molecule has 0 aliphatic carbocycles. The van der Waals surface area contributed by atoms with E-state index in [-0.39, 0.29) is 0 Å². The van der Waals surface area contributed by atoms with Crippen LogP contribution in [0.1, 0.15) is 24.1 Å². The molecular weight excluding hydrogens is 276 g/mol. The van der Waals surface area contributed by atoms with Gasteiger partial charge in [-0.1, -0.05) is 6.07 Å². The molecule has 2 aromatic heterocycles. The van der Waals surface area contributed by atoms with Crippen molar-refractivity contribution in [3.63, 3.8) is 0 Å². The highest BCUT2D eigenvalue weighted by Crippen LogP contribution is 2.20. The Morgan fingerprint density at radius 1 is 1.18 bits per heavy atom. The minimum Gasteiger partial charge on any atom is -0.365 e. The fraction of sp³-hybridized carbons (Fsp3) is 0.375. The Hall–Kier alpha value is -2.68. The van der Waals surface area contributed by atoms with E-state index < -0.39 is 0 Å². The van der Waals surface area contributed by atoms with Crippen LogP contribution in [-0.4, -0.2) is 34.1 Å². The zero-order valence-electron chi connectivity index (χ0n) is 12.5. The Balaban J connectivity index is 1.60. The lowest BCUT2D eigenvalue weighted by molar-refractivity contribution is 0.522. The largest absolute Gasteiger partial charge is 0.365 e. The highest BCUT2D eigenvalue weighted by atomic mass is 15.2. The van der Waals surface area contributed by atoms with Gasteiger partial charge in [-0.15, -0.1) is 0 Å². The number of rotatable bonds is 3. The van der Waals surface area contributed by atoms with E-state index in [1.807, 2.05) is 13.1 Å². The van der Waals surface area contributed by atoms with E-state index in [0.29, 0.717) is 17.6 Å². The normalized spacial score (nSPS) is 15.4. The first-order valence-corrected chi connectivity index (χ1v) is 7.41. The number of hydrogen-bond donors (Lipinski definition) is 1. The van der Waals surface area contributed by atoms with Crippen molar-refractivity contribution in [2.75, 3.05) is 23.3 Å². The van der Waals surface area contributed by atoms with E-state index >= 15 is 0 Å². The van der Waals surface area contributed by atoms with Crippen LogP contribution < -0.4 is 10.2 Å². The van der Waals surface area contributed by atoms with Gasteiger partial charge in [-0.25, -0.2) is 15.0 Å². The highest BCUT2D eigenvalue weighted by molar-refractivity contribution is 5.48. The predicted octanol–water partition coefficient (Wildman–Crippen LogP) is 2.13. The van der Waals surface area contributed by atoms with Crippen LogP contribution in [0.15, 0.2) is 30.7 Å². The number of piperidine rings is 1. The van der Waals surface area contributed by atoms with Gasteiger partial charge in [-0.05, 0) is 31.4 Å². The molecule has 1 saturated heterocycles. The zero-order valence-corrected chi connectivity index (χ0v) is 12.5. The number of nitrogens with zero attached hydrogens (tertiary/aromatic N) is 5. The minimum absolute atomic E-state index is 0.311. The molecule has 0 atom stereocenters. The first kappa shape index (κ1) is 14.3. The third kappa shape index (κ3) is 3.14. The molecule has 112 valence electrons. The molecular formula is C16H18N6. The lowest BCUT2D eigenvalue weighted by Gasteiger charge is -2.33. The van der Waals surface area contributed by atoms with Crippen molar-refractivity contribution >= 4 is 11.6 Å². The van der Waals surface area contributed by atoms with Gasteiger partial charge in [-0.3, -0.25) is 0 Å². The van der Waals surface area contributed by atoms with Gasteiger partial charge in [0, 0.05) is 37.7 Å². The van der Waals surface area contributed by atoms with Crippen LogP contribution >= 0.6 is 0 Å². The molecule has 22 heavy (non-hydrogen) atoms. The molecule has 0 bridgehead atoms.